The van der Waals surface area contributed by atoms with Crippen LogP contribution in [0.25, 0.3) is 17.1 Å². The molecule has 5 nitrogen and oxygen atoms in total. The molecule has 0 fully saturated rings. The van der Waals surface area contributed by atoms with Crippen molar-refractivity contribution in [2.24, 2.45) is 0 Å². The molecule has 8 heteroatoms. The quantitative estimate of drug-likeness (QED) is 0.430. The highest BCUT2D eigenvalue weighted by molar-refractivity contribution is 7.99. The fourth-order valence-corrected chi connectivity index (χ4v) is 3.77. The summed E-state index contributed by atoms with van der Waals surface area (Å²) < 4.78 is 29.5. The van der Waals surface area contributed by atoms with Crippen LogP contribution < -0.4 is 5.32 Å². The van der Waals surface area contributed by atoms with E-state index in [0.29, 0.717) is 17.5 Å². The summed E-state index contributed by atoms with van der Waals surface area (Å²) in [6, 6.07) is 22.1. The van der Waals surface area contributed by atoms with Crippen LogP contribution in [0.3, 0.4) is 0 Å². The van der Waals surface area contributed by atoms with E-state index in [-0.39, 0.29) is 17.3 Å². The number of nitrogens with one attached hydrogen (secondary N) is 1. The molecule has 0 spiro atoms. The molecule has 0 atom stereocenters. The lowest BCUT2D eigenvalue weighted by molar-refractivity contribution is -0.118. The molecule has 4 aromatic rings. The first-order chi connectivity index (χ1) is 15.1. The normalized spacial score (nSPS) is 10.8. The second-order valence-electron chi connectivity index (χ2n) is 6.65. The minimum Gasteiger partial charge on any atom is -0.351 e. The highest BCUT2D eigenvalue weighted by atomic mass is 32.2. The van der Waals surface area contributed by atoms with Gasteiger partial charge in [-0.3, -0.25) is 9.36 Å². The van der Waals surface area contributed by atoms with Crippen LogP contribution in [0.1, 0.15) is 5.56 Å². The first kappa shape index (κ1) is 20.7. The van der Waals surface area contributed by atoms with Crippen LogP contribution in [0.5, 0.6) is 0 Å². The molecule has 0 aliphatic carbocycles. The van der Waals surface area contributed by atoms with Crippen molar-refractivity contribution < 1.29 is 13.6 Å². The number of rotatable bonds is 7. The minimum absolute atomic E-state index is 0.0720. The number of carbonyl (C=O) groups excluding carboxylic acids is 1. The van der Waals surface area contributed by atoms with E-state index < -0.39 is 11.6 Å². The number of thioether (sulfide) groups is 1. The third-order valence-electron chi connectivity index (χ3n) is 4.48. The van der Waals surface area contributed by atoms with Crippen LogP contribution >= 0.6 is 11.8 Å². The Morgan fingerprint density at radius 3 is 2.35 bits per heavy atom. The molecular weight excluding hydrogens is 418 g/mol. The van der Waals surface area contributed by atoms with Crippen LogP contribution in [0.15, 0.2) is 84.0 Å². The van der Waals surface area contributed by atoms with Gasteiger partial charge in [0.25, 0.3) is 0 Å². The second-order valence-corrected chi connectivity index (χ2v) is 7.60. The molecule has 3 aromatic carbocycles. The number of nitrogens with zero attached hydrogens (tertiary/aromatic N) is 3. The average molecular weight is 436 g/mol. The number of hydrogen-bond acceptors (Lipinski definition) is 4. The fourth-order valence-electron chi connectivity index (χ4n) is 3.00. The summed E-state index contributed by atoms with van der Waals surface area (Å²) in [6.07, 6.45) is 0. The summed E-state index contributed by atoms with van der Waals surface area (Å²) in [7, 11) is 0. The van der Waals surface area contributed by atoms with Crippen molar-refractivity contribution in [2.75, 3.05) is 5.75 Å². The zero-order valence-electron chi connectivity index (χ0n) is 16.3. The zero-order valence-corrected chi connectivity index (χ0v) is 17.2. The summed E-state index contributed by atoms with van der Waals surface area (Å²) in [5, 5.41) is 11.5. The van der Waals surface area contributed by atoms with Crippen molar-refractivity contribution in [3.8, 4) is 17.1 Å². The van der Waals surface area contributed by atoms with E-state index in [4.69, 9.17) is 0 Å². The lowest BCUT2D eigenvalue weighted by atomic mass is 10.2. The molecule has 156 valence electrons. The van der Waals surface area contributed by atoms with Crippen LogP contribution in [0, 0.1) is 11.6 Å². The van der Waals surface area contributed by atoms with E-state index in [0.717, 1.165) is 29.0 Å². The fraction of sp³-hybridized carbons (Fsp3) is 0.0870. The Bertz CT molecular complexity index is 1180. The average Bonchev–Trinajstić information content (AvgIpc) is 3.21. The molecule has 1 amide bonds. The molecule has 31 heavy (non-hydrogen) atoms. The molecule has 1 heterocycles. The number of hydrogen-bond donors (Lipinski definition) is 1. The van der Waals surface area contributed by atoms with Gasteiger partial charge in [-0.25, -0.2) is 8.78 Å². The van der Waals surface area contributed by atoms with Crippen LogP contribution in [-0.2, 0) is 11.3 Å². The SMILES string of the molecule is O=C(CSc1nnc(-c2ccccc2)n1-c1ccc(F)cc1F)NCc1ccccc1. The summed E-state index contributed by atoms with van der Waals surface area (Å²) in [4.78, 5) is 12.3. The van der Waals surface area contributed by atoms with Gasteiger partial charge in [-0.1, -0.05) is 72.4 Å². The lowest BCUT2D eigenvalue weighted by Gasteiger charge is -2.11. The topological polar surface area (TPSA) is 59.8 Å². The van der Waals surface area contributed by atoms with Gasteiger partial charge >= 0.3 is 0 Å². The van der Waals surface area contributed by atoms with Crippen LogP contribution in [0.2, 0.25) is 0 Å². The summed E-state index contributed by atoms with van der Waals surface area (Å²) >= 11 is 1.13. The molecule has 0 bridgehead atoms. The van der Waals surface area contributed by atoms with Gasteiger partial charge in [0, 0.05) is 18.2 Å². The Morgan fingerprint density at radius 2 is 1.65 bits per heavy atom. The molecular formula is C23H18F2N4OS. The van der Waals surface area contributed by atoms with Crippen LogP contribution in [0.4, 0.5) is 8.78 Å². The van der Waals surface area contributed by atoms with E-state index in [2.05, 4.69) is 15.5 Å². The minimum atomic E-state index is -0.743. The van der Waals surface area contributed by atoms with E-state index in [1.807, 2.05) is 60.7 Å². The van der Waals surface area contributed by atoms with E-state index in [1.54, 1.807) is 0 Å². The van der Waals surface area contributed by atoms with Gasteiger partial charge in [0.1, 0.15) is 11.6 Å². The first-order valence-electron chi connectivity index (χ1n) is 9.51. The van der Waals surface area contributed by atoms with Gasteiger partial charge in [0.05, 0.1) is 11.4 Å². The summed E-state index contributed by atoms with van der Waals surface area (Å²) in [5.74, 6) is -1.14. The number of benzene rings is 3. The van der Waals surface area contributed by atoms with Gasteiger partial charge in [0.15, 0.2) is 11.0 Å². The Kier molecular flexibility index (Phi) is 6.37. The maximum absolute atomic E-state index is 14.6. The van der Waals surface area contributed by atoms with Gasteiger partial charge < -0.3 is 5.32 Å². The lowest BCUT2D eigenvalue weighted by Crippen LogP contribution is -2.24. The number of carbonyl (C=O) groups is 1. The Labute approximate surface area is 182 Å². The molecule has 1 aromatic heterocycles. The molecule has 0 aliphatic heterocycles. The molecule has 0 saturated carbocycles. The smallest absolute Gasteiger partial charge is 0.230 e. The van der Waals surface area contributed by atoms with Gasteiger partial charge in [-0.2, -0.15) is 0 Å². The predicted octanol–water partition coefficient (Wildman–Crippen LogP) is 4.62. The van der Waals surface area contributed by atoms with Crippen molar-refractivity contribution in [3.63, 3.8) is 0 Å². The summed E-state index contributed by atoms with van der Waals surface area (Å²) in [5.41, 5.74) is 1.82. The first-order valence-corrected chi connectivity index (χ1v) is 10.5. The molecule has 0 unspecified atom stereocenters. The Hall–Kier alpha value is -3.52. The molecule has 1 N–H and O–H groups in total. The van der Waals surface area contributed by atoms with Crippen molar-refractivity contribution in [1.29, 1.82) is 0 Å². The zero-order chi connectivity index (χ0) is 21.6. The highest BCUT2D eigenvalue weighted by Crippen LogP contribution is 2.29. The largest absolute Gasteiger partial charge is 0.351 e. The monoisotopic (exact) mass is 436 g/mol. The third-order valence-corrected chi connectivity index (χ3v) is 5.41. The van der Waals surface area contributed by atoms with Gasteiger partial charge in [-0.05, 0) is 17.7 Å². The molecule has 0 saturated heterocycles. The van der Waals surface area contributed by atoms with E-state index in [9.17, 15) is 13.6 Å². The van der Waals surface area contributed by atoms with Crippen molar-refractivity contribution in [1.82, 2.24) is 20.1 Å². The standard InChI is InChI=1S/C23H18F2N4OS/c24-18-11-12-20(19(25)13-18)29-22(17-9-5-2-6-10-17)27-28-23(29)31-15-21(30)26-14-16-7-3-1-4-8-16/h1-13H,14-15H2,(H,26,30). The van der Waals surface area contributed by atoms with Crippen LogP contribution in [-0.4, -0.2) is 26.4 Å². The maximum Gasteiger partial charge on any atom is 0.230 e. The molecule has 0 radical (unpaired) electrons. The molecule has 4 rings (SSSR count). The predicted molar refractivity (Wildman–Crippen MR) is 116 cm³/mol. The van der Waals surface area contributed by atoms with Crippen molar-refractivity contribution >= 4 is 17.7 Å². The number of halogens is 2. The third kappa shape index (κ3) is 4.97. The van der Waals surface area contributed by atoms with Gasteiger partial charge in [0.2, 0.25) is 5.91 Å². The number of aromatic nitrogens is 3. The van der Waals surface area contributed by atoms with E-state index in [1.165, 1.54) is 16.7 Å². The Balaban J connectivity index is 1.57. The number of amides is 1. The van der Waals surface area contributed by atoms with Crippen molar-refractivity contribution in [3.05, 3.63) is 96.1 Å². The Morgan fingerprint density at radius 1 is 0.935 bits per heavy atom. The second kappa shape index (κ2) is 9.53. The summed E-state index contributed by atoms with van der Waals surface area (Å²) in [6.45, 7) is 0.411. The van der Waals surface area contributed by atoms with E-state index >= 15 is 0 Å². The van der Waals surface area contributed by atoms with Gasteiger partial charge in [-0.15, -0.1) is 10.2 Å². The maximum atomic E-state index is 14.6. The molecule has 0 aliphatic rings. The highest BCUT2D eigenvalue weighted by Gasteiger charge is 2.20. The van der Waals surface area contributed by atoms with Crippen molar-refractivity contribution in [2.45, 2.75) is 11.7 Å².